The van der Waals surface area contributed by atoms with Crippen LogP contribution in [-0.4, -0.2) is 59.1 Å². The van der Waals surface area contributed by atoms with Gasteiger partial charge in [-0.1, -0.05) is 12.1 Å². The largest absolute Gasteiger partial charge is 0.335 e. The van der Waals surface area contributed by atoms with Crippen molar-refractivity contribution in [1.29, 1.82) is 5.26 Å². The van der Waals surface area contributed by atoms with Gasteiger partial charge in [-0.15, -0.1) is 0 Å². The lowest BCUT2D eigenvalue weighted by atomic mass is 10.2. The van der Waals surface area contributed by atoms with Crippen LogP contribution in [0.15, 0.2) is 53.7 Å². The number of pyridine rings is 1. The smallest absolute Gasteiger partial charge is 0.274 e. The van der Waals surface area contributed by atoms with Crippen LogP contribution in [0.5, 0.6) is 0 Å². The van der Waals surface area contributed by atoms with Crippen molar-refractivity contribution in [1.82, 2.24) is 18.6 Å². The number of nitrogens with zero attached hydrogens (tertiary/aromatic N) is 5. The first-order valence-electron chi connectivity index (χ1n) is 9.14. The molecule has 1 aromatic carbocycles. The molecule has 1 fully saturated rings. The Balaban J connectivity index is 1.50. The molecule has 1 aliphatic rings. The Morgan fingerprint density at radius 1 is 1.14 bits per heavy atom. The highest BCUT2D eigenvalue weighted by molar-refractivity contribution is 7.89. The number of benzene rings is 1. The topological polar surface area (TPSA) is 98.8 Å². The summed E-state index contributed by atoms with van der Waals surface area (Å²) in [5, 5.41) is 9.20. The number of fused-ring (bicyclic) bond motifs is 1. The number of sulfonamides is 1. The minimum atomic E-state index is -3.79. The molecule has 1 aliphatic heterocycles. The van der Waals surface area contributed by atoms with E-state index in [0.29, 0.717) is 11.3 Å². The second kappa shape index (κ2) is 7.31. The second-order valence-corrected chi connectivity index (χ2v) is 8.81. The van der Waals surface area contributed by atoms with Gasteiger partial charge >= 0.3 is 0 Å². The van der Waals surface area contributed by atoms with Crippen molar-refractivity contribution in [2.45, 2.75) is 11.8 Å². The SMILES string of the molecule is Cc1ccn2cc(C(=O)N3CCN(S(=O)(=O)c4ccccc4C#N)CC3)nc2c1. The van der Waals surface area contributed by atoms with Crippen molar-refractivity contribution in [2.24, 2.45) is 0 Å². The maximum absolute atomic E-state index is 12.9. The van der Waals surface area contributed by atoms with Crippen molar-refractivity contribution in [2.75, 3.05) is 26.2 Å². The zero-order valence-corrected chi connectivity index (χ0v) is 16.6. The van der Waals surface area contributed by atoms with E-state index >= 15 is 0 Å². The highest BCUT2D eigenvalue weighted by atomic mass is 32.2. The van der Waals surface area contributed by atoms with E-state index in [1.165, 1.54) is 16.4 Å². The van der Waals surface area contributed by atoms with Gasteiger partial charge in [-0.2, -0.15) is 9.57 Å². The van der Waals surface area contributed by atoms with E-state index in [2.05, 4.69) is 4.98 Å². The van der Waals surface area contributed by atoms with Crippen molar-refractivity contribution < 1.29 is 13.2 Å². The number of nitriles is 1. The van der Waals surface area contributed by atoms with E-state index in [9.17, 15) is 18.5 Å². The first-order chi connectivity index (χ1) is 13.9. The summed E-state index contributed by atoms with van der Waals surface area (Å²) in [6.07, 6.45) is 3.54. The van der Waals surface area contributed by atoms with E-state index in [-0.39, 0.29) is 42.5 Å². The van der Waals surface area contributed by atoms with E-state index < -0.39 is 10.0 Å². The van der Waals surface area contributed by atoms with Gasteiger partial charge < -0.3 is 9.30 Å². The number of aryl methyl sites for hydroxylation is 1. The minimum Gasteiger partial charge on any atom is -0.335 e. The highest BCUT2D eigenvalue weighted by Crippen LogP contribution is 2.21. The summed E-state index contributed by atoms with van der Waals surface area (Å²) < 4.78 is 28.9. The first kappa shape index (κ1) is 19.1. The molecule has 4 rings (SSSR count). The molecule has 1 amide bonds. The van der Waals surface area contributed by atoms with Gasteiger partial charge in [0.05, 0.1) is 10.5 Å². The maximum Gasteiger partial charge on any atom is 0.274 e. The van der Waals surface area contributed by atoms with Crippen molar-refractivity contribution >= 4 is 21.6 Å². The standard InChI is InChI=1S/C20H19N5O3S/c1-15-6-7-24-14-17(22-19(24)12-15)20(26)23-8-10-25(11-9-23)29(27,28)18-5-3-2-4-16(18)13-21/h2-7,12,14H,8-11H2,1H3. The number of carbonyl (C=O) groups excluding carboxylic acids is 1. The lowest BCUT2D eigenvalue weighted by Gasteiger charge is -2.33. The summed E-state index contributed by atoms with van der Waals surface area (Å²) in [5.41, 5.74) is 2.20. The molecule has 1 saturated heterocycles. The molecule has 29 heavy (non-hydrogen) atoms. The van der Waals surface area contributed by atoms with E-state index in [1.807, 2.05) is 31.3 Å². The second-order valence-electron chi connectivity index (χ2n) is 6.90. The van der Waals surface area contributed by atoms with E-state index in [4.69, 9.17) is 0 Å². The van der Waals surface area contributed by atoms with Crippen molar-refractivity contribution in [3.8, 4) is 6.07 Å². The van der Waals surface area contributed by atoms with Crippen LogP contribution < -0.4 is 0 Å². The zero-order chi connectivity index (χ0) is 20.6. The lowest BCUT2D eigenvalue weighted by Crippen LogP contribution is -2.50. The van der Waals surface area contributed by atoms with Gasteiger partial charge in [0.2, 0.25) is 10.0 Å². The fourth-order valence-corrected chi connectivity index (χ4v) is 4.97. The minimum absolute atomic E-state index is 0.00185. The molecule has 0 aliphatic carbocycles. The Kier molecular flexibility index (Phi) is 4.82. The van der Waals surface area contributed by atoms with Crippen LogP contribution in [0.4, 0.5) is 0 Å². The molecule has 0 unspecified atom stereocenters. The summed E-state index contributed by atoms with van der Waals surface area (Å²) in [6, 6.07) is 11.9. The third kappa shape index (κ3) is 3.48. The Morgan fingerprint density at radius 2 is 1.86 bits per heavy atom. The third-order valence-electron chi connectivity index (χ3n) is 4.99. The van der Waals surface area contributed by atoms with Gasteiger partial charge in [0.25, 0.3) is 5.91 Å². The number of hydrogen-bond acceptors (Lipinski definition) is 5. The summed E-state index contributed by atoms with van der Waals surface area (Å²) in [7, 11) is -3.79. The number of aromatic nitrogens is 2. The number of hydrogen-bond donors (Lipinski definition) is 0. The molecule has 0 radical (unpaired) electrons. The van der Waals surface area contributed by atoms with Crippen molar-refractivity contribution in [3.05, 3.63) is 65.6 Å². The van der Waals surface area contributed by atoms with Crippen molar-refractivity contribution in [3.63, 3.8) is 0 Å². The average molecular weight is 409 g/mol. The number of amides is 1. The van der Waals surface area contributed by atoms with Gasteiger partial charge in [0.15, 0.2) is 0 Å². The number of imidazole rings is 1. The van der Waals surface area contributed by atoms with Gasteiger partial charge in [-0.05, 0) is 36.8 Å². The Morgan fingerprint density at radius 3 is 2.59 bits per heavy atom. The molecule has 3 heterocycles. The Bertz CT molecular complexity index is 1230. The van der Waals surface area contributed by atoms with E-state index in [0.717, 1.165) is 5.56 Å². The van der Waals surface area contributed by atoms with Crippen LogP contribution in [0.1, 0.15) is 21.6 Å². The molecule has 3 aromatic rings. The van der Waals surface area contributed by atoms with Gasteiger partial charge in [0, 0.05) is 38.6 Å². The predicted molar refractivity (Wildman–Crippen MR) is 106 cm³/mol. The molecule has 0 N–H and O–H groups in total. The quantitative estimate of drug-likeness (QED) is 0.655. The van der Waals surface area contributed by atoms with Crippen LogP contribution in [0.2, 0.25) is 0 Å². The predicted octanol–water partition coefficient (Wildman–Crippen LogP) is 1.66. The van der Waals surface area contributed by atoms with Crippen LogP contribution in [-0.2, 0) is 10.0 Å². The van der Waals surface area contributed by atoms with Crippen LogP contribution in [0.3, 0.4) is 0 Å². The van der Waals surface area contributed by atoms with Gasteiger partial charge in [0.1, 0.15) is 17.4 Å². The molecule has 9 heteroatoms. The molecule has 0 saturated carbocycles. The monoisotopic (exact) mass is 409 g/mol. The Hall–Kier alpha value is -3.22. The molecule has 0 spiro atoms. The number of carbonyl (C=O) groups is 1. The molecular formula is C20H19N5O3S. The number of piperazine rings is 1. The van der Waals surface area contributed by atoms with Gasteiger partial charge in [-0.3, -0.25) is 4.79 Å². The maximum atomic E-state index is 12.9. The first-order valence-corrected chi connectivity index (χ1v) is 10.6. The van der Waals surface area contributed by atoms with Gasteiger partial charge in [-0.25, -0.2) is 13.4 Å². The fraction of sp³-hybridized carbons (Fsp3) is 0.250. The molecule has 8 nitrogen and oxygen atoms in total. The Labute approximate surface area is 168 Å². The summed E-state index contributed by atoms with van der Waals surface area (Å²) in [6.45, 7) is 2.82. The van der Waals surface area contributed by atoms with Crippen LogP contribution in [0, 0.1) is 18.3 Å². The van der Waals surface area contributed by atoms with E-state index in [1.54, 1.807) is 27.6 Å². The lowest BCUT2D eigenvalue weighted by molar-refractivity contribution is 0.0692. The third-order valence-corrected chi connectivity index (χ3v) is 6.94. The molecule has 2 aromatic heterocycles. The normalized spacial score (nSPS) is 15.4. The average Bonchev–Trinajstić information content (AvgIpc) is 3.16. The molecule has 0 atom stereocenters. The molecule has 148 valence electrons. The van der Waals surface area contributed by atoms with Crippen LogP contribution >= 0.6 is 0 Å². The highest BCUT2D eigenvalue weighted by Gasteiger charge is 2.32. The molecule has 0 bridgehead atoms. The molecular weight excluding hydrogens is 390 g/mol. The summed E-state index contributed by atoms with van der Waals surface area (Å²) >= 11 is 0. The fourth-order valence-electron chi connectivity index (χ4n) is 3.40. The summed E-state index contributed by atoms with van der Waals surface area (Å²) in [5.74, 6) is -0.221. The van der Waals surface area contributed by atoms with Crippen LogP contribution in [0.25, 0.3) is 5.65 Å². The summed E-state index contributed by atoms with van der Waals surface area (Å²) in [4.78, 5) is 18.8. The zero-order valence-electron chi connectivity index (χ0n) is 15.8. The number of rotatable bonds is 3.